The molecule has 0 bridgehead atoms. The summed E-state index contributed by atoms with van der Waals surface area (Å²) in [6, 6.07) is 13.3. The molecule has 100 valence electrons. The van der Waals surface area contributed by atoms with Gasteiger partial charge < -0.3 is 5.32 Å². The minimum Gasteiger partial charge on any atom is -0.350 e. The van der Waals surface area contributed by atoms with Crippen LogP contribution in [0.25, 0.3) is 10.9 Å². The molecule has 3 aromatic rings. The van der Waals surface area contributed by atoms with Crippen molar-refractivity contribution in [3.8, 4) is 0 Å². The number of carbonyl (C=O) groups is 1. The molecule has 20 heavy (non-hydrogen) atoms. The van der Waals surface area contributed by atoms with Crippen LogP contribution in [-0.4, -0.2) is 27.6 Å². The number of pyridine rings is 1. The molecule has 0 aliphatic carbocycles. The van der Waals surface area contributed by atoms with Crippen LogP contribution in [0.2, 0.25) is 0 Å². The van der Waals surface area contributed by atoms with Gasteiger partial charge in [0.1, 0.15) is 0 Å². The predicted molar refractivity (Wildman–Crippen MR) is 76.4 cm³/mol. The molecule has 0 spiro atoms. The number of fused-ring (bicyclic) bond motifs is 1. The van der Waals surface area contributed by atoms with Crippen molar-refractivity contribution >= 4 is 16.8 Å². The number of hydrogen-bond donors (Lipinski definition) is 2. The van der Waals surface area contributed by atoms with Gasteiger partial charge in [-0.15, -0.1) is 0 Å². The quantitative estimate of drug-likeness (QED) is 0.758. The van der Waals surface area contributed by atoms with Crippen LogP contribution in [0.1, 0.15) is 16.2 Å². The van der Waals surface area contributed by atoms with Gasteiger partial charge in [0.2, 0.25) is 0 Å². The topological polar surface area (TPSA) is 70.7 Å². The molecule has 0 aliphatic rings. The molecule has 0 unspecified atom stereocenters. The Labute approximate surface area is 116 Å². The molecule has 5 nitrogen and oxygen atoms in total. The predicted octanol–water partition coefficient (Wildman–Crippen LogP) is 1.93. The summed E-state index contributed by atoms with van der Waals surface area (Å²) >= 11 is 0. The van der Waals surface area contributed by atoms with Crippen LogP contribution in [0, 0.1) is 0 Å². The van der Waals surface area contributed by atoms with Crippen LogP contribution in [0.5, 0.6) is 0 Å². The minimum atomic E-state index is -0.168. The molecule has 1 amide bonds. The zero-order chi connectivity index (χ0) is 13.8. The SMILES string of the molecule is O=C(NCCc1ccccn1)c1n[nH]c2ccccc12. The van der Waals surface area contributed by atoms with E-state index in [0.29, 0.717) is 18.7 Å². The average Bonchev–Trinajstić information content (AvgIpc) is 2.92. The van der Waals surface area contributed by atoms with Gasteiger partial charge in [0, 0.05) is 30.2 Å². The standard InChI is InChI=1S/C15H14N4O/c20-15(17-10-8-11-5-3-4-9-16-11)14-12-6-1-2-7-13(12)18-19-14/h1-7,9H,8,10H2,(H,17,20)(H,18,19). The van der Waals surface area contributed by atoms with Crippen LogP contribution in [0.15, 0.2) is 48.7 Å². The number of benzene rings is 1. The molecule has 2 aromatic heterocycles. The molecule has 0 radical (unpaired) electrons. The highest BCUT2D eigenvalue weighted by molar-refractivity contribution is 6.04. The van der Waals surface area contributed by atoms with Crippen molar-refractivity contribution in [2.45, 2.75) is 6.42 Å². The van der Waals surface area contributed by atoms with Crippen LogP contribution >= 0.6 is 0 Å². The van der Waals surface area contributed by atoms with E-state index >= 15 is 0 Å². The molecule has 2 heterocycles. The first-order chi connectivity index (χ1) is 9.84. The van der Waals surface area contributed by atoms with E-state index in [0.717, 1.165) is 16.6 Å². The summed E-state index contributed by atoms with van der Waals surface area (Å²) in [7, 11) is 0. The van der Waals surface area contributed by atoms with Crippen molar-refractivity contribution in [2.75, 3.05) is 6.54 Å². The second-order valence-corrected chi connectivity index (χ2v) is 4.44. The lowest BCUT2D eigenvalue weighted by molar-refractivity contribution is 0.0950. The molecule has 0 saturated heterocycles. The summed E-state index contributed by atoms with van der Waals surface area (Å²) in [6.45, 7) is 0.539. The molecule has 3 rings (SSSR count). The summed E-state index contributed by atoms with van der Waals surface area (Å²) in [6.07, 6.45) is 2.45. The number of rotatable bonds is 4. The highest BCUT2D eigenvalue weighted by Crippen LogP contribution is 2.14. The van der Waals surface area contributed by atoms with Gasteiger partial charge in [-0.1, -0.05) is 24.3 Å². The lowest BCUT2D eigenvalue weighted by Gasteiger charge is -2.03. The molecular weight excluding hydrogens is 252 g/mol. The maximum absolute atomic E-state index is 12.1. The Bertz CT molecular complexity index is 721. The van der Waals surface area contributed by atoms with Crippen LogP contribution in [-0.2, 0) is 6.42 Å². The number of hydrogen-bond acceptors (Lipinski definition) is 3. The Morgan fingerprint density at radius 2 is 2.00 bits per heavy atom. The van der Waals surface area contributed by atoms with Gasteiger partial charge in [0.25, 0.3) is 5.91 Å². The smallest absolute Gasteiger partial charge is 0.272 e. The molecule has 0 fully saturated rings. The van der Waals surface area contributed by atoms with Crippen molar-refractivity contribution < 1.29 is 4.79 Å². The van der Waals surface area contributed by atoms with Crippen LogP contribution in [0.3, 0.4) is 0 Å². The number of carbonyl (C=O) groups excluding carboxylic acids is 1. The molecule has 1 aromatic carbocycles. The average molecular weight is 266 g/mol. The number of para-hydroxylation sites is 1. The lowest BCUT2D eigenvalue weighted by atomic mass is 10.2. The Balaban J connectivity index is 1.65. The number of nitrogens with one attached hydrogen (secondary N) is 2. The lowest BCUT2D eigenvalue weighted by Crippen LogP contribution is -2.26. The zero-order valence-corrected chi connectivity index (χ0v) is 10.8. The van der Waals surface area contributed by atoms with Gasteiger partial charge in [-0.25, -0.2) is 0 Å². The van der Waals surface area contributed by atoms with Crippen molar-refractivity contribution in [1.82, 2.24) is 20.5 Å². The Kier molecular flexibility index (Phi) is 3.41. The Morgan fingerprint density at radius 3 is 2.85 bits per heavy atom. The first kappa shape index (κ1) is 12.3. The van der Waals surface area contributed by atoms with Gasteiger partial charge >= 0.3 is 0 Å². The third-order valence-electron chi connectivity index (χ3n) is 3.08. The number of aromatic nitrogens is 3. The number of aromatic amines is 1. The van der Waals surface area contributed by atoms with E-state index < -0.39 is 0 Å². The maximum atomic E-state index is 12.1. The van der Waals surface area contributed by atoms with Crippen LogP contribution in [0.4, 0.5) is 0 Å². The maximum Gasteiger partial charge on any atom is 0.272 e. The van der Waals surface area contributed by atoms with Crippen molar-refractivity contribution in [3.63, 3.8) is 0 Å². The second kappa shape index (κ2) is 5.52. The Hall–Kier alpha value is -2.69. The molecule has 0 saturated carbocycles. The first-order valence-electron chi connectivity index (χ1n) is 6.46. The van der Waals surface area contributed by atoms with Gasteiger partial charge in [-0.2, -0.15) is 5.10 Å². The molecule has 0 atom stereocenters. The second-order valence-electron chi connectivity index (χ2n) is 4.44. The highest BCUT2D eigenvalue weighted by atomic mass is 16.1. The van der Waals surface area contributed by atoms with Crippen molar-refractivity contribution in [2.24, 2.45) is 0 Å². The van der Waals surface area contributed by atoms with E-state index in [2.05, 4.69) is 20.5 Å². The van der Waals surface area contributed by atoms with Gasteiger partial charge in [0.15, 0.2) is 5.69 Å². The van der Waals surface area contributed by atoms with E-state index in [1.54, 1.807) is 6.20 Å². The molecule has 2 N–H and O–H groups in total. The fourth-order valence-corrected chi connectivity index (χ4v) is 2.07. The molecule has 0 aliphatic heterocycles. The van der Waals surface area contributed by atoms with Gasteiger partial charge in [-0.05, 0) is 18.2 Å². The Morgan fingerprint density at radius 1 is 1.15 bits per heavy atom. The fourth-order valence-electron chi connectivity index (χ4n) is 2.07. The fraction of sp³-hybridized carbons (Fsp3) is 0.133. The normalized spacial score (nSPS) is 10.6. The van der Waals surface area contributed by atoms with E-state index in [4.69, 9.17) is 0 Å². The van der Waals surface area contributed by atoms with Gasteiger partial charge in [0.05, 0.1) is 5.52 Å². The van der Waals surface area contributed by atoms with E-state index in [-0.39, 0.29) is 5.91 Å². The number of nitrogens with zero attached hydrogens (tertiary/aromatic N) is 2. The van der Waals surface area contributed by atoms with Gasteiger partial charge in [-0.3, -0.25) is 14.9 Å². The summed E-state index contributed by atoms with van der Waals surface area (Å²) in [5.41, 5.74) is 2.25. The number of amides is 1. The summed E-state index contributed by atoms with van der Waals surface area (Å²) in [5, 5.41) is 10.6. The van der Waals surface area contributed by atoms with Crippen LogP contribution < -0.4 is 5.32 Å². The number of H-pyrrole nitrogens is 1. The van der Waals surface area contributed by atoms with E-state index in [9.17, 15) is 4.79 Å². The molecule has 5 heteroatoms. The first-order valence-corrected chi connectivity index (χ1v) is 6.46. The zero-order valence-electron chi connectivity index (χ0n) is 10.8. The summed E-state index contributed by atoms with van der Waals surface area (Å²) in [5.74, 6) is -0.168. The van der Waals surface area contributed by atoms with E-state index in [1.807, 2.05) is 42.5 Å². The summed E-state index contributed by atoms with van der Waals surface area (Å²) < 4.78 is 0. The highest BCUT2D eigenvalue weighted by Gasteiger charge is 2.12. The minimum absolute atomic E-state index is 0.168. The third-order valence-corrected chi connectivity index (χ3v) is 3.08. The largest absolute Gasteiger partial charge is 0.350 e. The third kappa shape index (κ3) is 2.51. The van der Waals surface area contributed by atoms with E-state index in [1.165, 1.54) is 0 Å². The summed E-state index contributed by atoms with van der Waals surface area (Å²) in [4.78, 5) is 16.3. The molecular formula is C15H14N4O. The monoisotopic (exact) mass is 266 g/mol. The van der Waals surface area contributed by atoms with Crippen molar-refractivity contribution in [1.29, 1.82) is 0 Å². The van der Waals surface area contributed by atoms with Crippen molar-refractivity contribution in [3.05, 3.63) is 60.0 Å².